The number of carboxylic acid groups (broad SMARTS) is 1. The molecule has 1 saturated carbocycles. The van der Waals surface area contributed by atoms with Gasteiger partial charge in [-0.1, -0.05) is 0 Å². The Morgan fingerprint density at radius 3 is 2.53 bits per heavy atom. The van der Waals surface area contributed by atoms with Gasteiger partial charge >= 0.3 is 18.1 Å². The van der Waals surface area contributed by atoms with Crippen molar-refractivity contribution in [3.05, 3.63) is 0 Å². The Hall–Kier alpha value is -1.27. The fraction of sp³-hybridized carbons (Fsp3) is 0.800. The average Bonchev–Trinajstić information content (AvgIpc) is 2.87. The molecule has 1 aliphatic carbocycles. The molecule has 7 heteroatoms. The molecule has 2 aliphatic rings. The Morgan fingerprint density at radius 1 is 1.35 bits per heavy atom. The molecule has 2 fully saturated rings. The van der Waals surface area contributed by atoms with Gasteiger partial charge in [-0.25, -0.2) is 0 Å². The molecule has 2 rings (SSSR count). The number of fused-ring (bicyclic) bond motifs is 1. The van der Waals surface area contributed by atoms with Crippen molar-refractivity contribution in [3.8, 4) is 0 Å². The van der Waals surface area contributed by atoms with Crippen LogP contribution < -0.4 is 0 Å². The second-order valence-electron chi connectivity index (χ2n) is 4.71. The number of carbonyl (C=O) groups is 2. The fourth-order valence-electron chi connectivity index (χ4n) is 2.60. The van der Waals surface area contributed by atoms with Crippen LogP contribution in [-0.2, 0) is 9.59 Å². The predicted molar refractivity (Wildman–Crippen MR) is 50.0 cm³/mol. The van der Waals surface area contributed by atoms with Crippen molar-refractivity contribution < 1.29 is 27.9 Å². The quantitative estimate of drug-likeness (QED) is 0.763. The first-order valence-electron chi connectivity index (χ1n) is 5.37. The molecule has 1 amide bonds. The van der Waals surface area contributed by atoms with Crippen LogP contribution in [0.4, 0.5) is 13.2 Å². The van der Waals surface area contributed by atoms with Gasteiger partial charge in [0.2, 0.25) is 0 Å². The molecular weight excluding hydrogens is 239 g/mol. The van der Waals surface area contributed by atoms with E-state index in [0.29, 0.717) is 19.3 Å². The third kappa shape index (κ3) is 1.98. The zero-order valence-electron chi connectivity index (χ0n) is 8.96. The van der Waals surface area contributed by atoms with Crippen LogP contribution in [0.15, 0.2) is 0 Å². The van der Waals surface area contributed by atoms with Crippen molar-refractivity contribution in [1.29, 1.82) is 0 Å². The van der Waals surface area contributed by atoms with Crippen LogP contribution in [0.3, 0.4) is 0 Å². The zero-order valence-corrected chi connectivity index (χ0v) is 8.96. The minimum absolute atomic E-state index is 0.0100. The van der Waals surface area contributed by atoms with E-state index >= 15 is 0 Å². The molecule has 17 heavy (non-hydrogen) atoms. The van der Waals surface area contributed by atoms with E-state index in [-0.39, 0.29) is 19.0 Å². The molecule has 2 unspecified atom stereocenters. The van der Waals surface area contributed by atoms with E-state index < -0.39 is 23.5 Å². The van der Waals surface area contributed by atoms with Crippen molar-refractivity contribution in [2.75, 3.05) is 13.1 Å². The predicted octanol–water partition coefficient (Wildman–Crippen LogP) is 1.26. The molecule has 1 saturated heterocycles. The Balaban J connectivity index is 2.07. The number of carbonyl (C=O) groups excluding carboxylic acids is 1. The van der Waals surface area contributed by atoms with Gasteiger partial charge in [0.15, 0.2) is 0 Å². The lowest BCUT2D eigenvalue weighted by molar-refractivity contribution is -0.185. The van der Waals surface area contributed by atoms with Crippen molar-refractivity contribution in [2.45, 2.75) is 25.4 Å². The van der Waals surface area contributed by atoms with E-state index in [0.717, 1.165) is 4.90 Å². The number of rotatable bonds is 1. The Bertz CT molecular complexity index is 368. The van der Waals surface area contributed by atoms with E-state index in [2.05, 4.69) is 0 Å². The smallest absolute Gasteiger partial charge is 0.471 e. The maximum absolute atomic E-state index is 12.3. The second kappa shape index (κ2) is 3.61. The van der Waals surface area contributed by atoms with Gasteiger partial charge < -0.3 is 10.0 Å². The Morgan fingerprint density at radius 2 is 2.00 bits per heavy atom. The van der Waals surface area contributed by atoms with E-state index in [1.54, 1.807) is 0 Å². The maximum Gasteiger partial charge on any atom is 0.471 e. The molecule has 4 nitrogen and oxygen atoms in total. The van der Waals surface area contributed by atoms with Crippen LogP contribution in [0.1, 0.15) is 19.3 Å². The van der Waals surface area contributed by atoms with Crippen LogP contribution in [0.25, 0.3) is 0 Å². The number of amides is 1. The summed E-state index contributed by atoms with van der Waals surface area (Å²) in [6.07, 6.45) is -3.83. The Labute approximate surface area is 95.4 Å². The first-order chi connectivity index (χ1) is 7.77. The lowest BCUT2D eigenvalue weighted by atomic mass is 9.98. The zero-order chi connectivity index (χ0) is 12.8. The van der Waals surface area contributed by atoms with Crippen LogP contribution in [0.5, 0.6) is 0 Å². The summed E-state index contributed by atoms with van der Waals surface area (Å²) < 4.78 is 36.8. The van der Waals surface area contributed by atoms with Gasteiger partial charge in [-0.2, -0.15) is 13.2 Å². The molecule has 0 bridgehead atoms. The molecular formula is C10H12F3NO3. The SMILES string of the molecule is O=C(N1CCCC2(C(=O)O)CC2C1)C(F)(F)F. The number of nitrogens with zero attached hydrogens (tertiary/aromatic N) is 1. The van der Waals surface area contributed by atoms with Crippen molar-refractivity contribution in [3.63, 3.8) is 0 Å². The number of aliphatic carboxylic acids is 1. The Kier molecular flexibility index (Phi) is 2.59. The van der Waals surface area contributed by atoms with Gasteiger partial charge in [0, 0.05) is 13.1 Å². The van der Waals surface area contributed by atoms with Crippen LogP contribution in [0, 0.1) is 11.3 Å². The standard InChI is InChI=1S/C10H12F3NO3/c11-10(12,13)7(15)14-3-1-2-9(8(16)17)4-6(9)5-14/h6H,1-5H2,(H,16,17). The molecule has 0 aromatic carbocycles. The molecule has 0 aromatic rings. The number of alkyl halides is 3. The lowest BCUT2D eigenvalue weighted by Gasteiger charge is -2.22. The molecule has 1 heterocycles. The van der Waals surface area contributed by atoms with Gasteiger partial charge in [0.25, 0.3) is 0 Å². The molecule has 1 aliphatic heterocycles. The minimum atomic E-state index is -4.87. The summed E-state index contributed by atoms with van der Waals surface area (Å²) in [5.74, 6) is -3.14. The number of halogens is 3. The number of hydrogen-bond acceptors (Lipinski definition) is 2. The van der Waals surface area contributed by atoms with E-state index in [1.165, 1.54) is 0 Å². The third-order valence-corrected chi connectivity index (χ3v) is 3.68. The summed E-state index contributed by atoms with van der Waals surface area (Å²) in [6, 6.07) is 0. The van der Waals surface area contributed by atoms with E-state index in [1.807, 2.05) is 0 Å². The number of hydrogen-bond donors (Lipinski definition) is 1. The summed E-state index contributed by atoms with van der Waals surface area (Å²) in [7, 11) is 0. The first kappa shape index (κ1) is 12.2. The topological polar surface area (TPSA) is 57.6 Å². The first-order valence-corrected chi connectivity index (χ1v) is 5.37. The van der Waals surface area contributed by atoms with Crippen molar-refractivity contribution in [2.24, 2.45) is 11.3 Å². The highest BCUT2D eigenvalue weighted by atomic mass is 19.4. The van der Waals surface area contributed by atoms with Crippen LogP contribution >= 0.6 is 0 Å². The van der Waals surface area contributed by atoms with Crippen molar-refractivity contribution in [1.82, 2.24) is 4.90 Å². The lowest BCUT2D eigenvalue weighted by Crippen LogP contribution is -2.42. The molecule has 0 spiro atoms. The third-order valence-electron chi connectivity index (χ3n) is 3.68. The highest BCUT2D eigenvalue weighted by molar-refractivity contribution is 5.83. The maximum atomic E-state index is 12.3. The summed E-state index contributed by atoms with van der Waals surface area (Å²) >= 11 is 0. The molecule has 0 radical (unpaired) electrons. The van der Waals surface area contributed by atoms with Gasteiger partial charge in [0.1, 0.15) is 0 Å². The molecule has 0 aromatic heterocycles. The summed E-state index contributed by atoms with van der Waals surface area (Å²) in [5, 5.41) is 9.02. The normalized spacial score (nSPS) is 32.6. The van der Waals surface area contributed by atoms with E-state index in [9.17, 15) is 22.8 Å². The van der Waals surface area contributed by atoms with Gasteiger partial charge in [-0.15, -0.1) is 0 Å². The molecule has 2 atom stereocenters. The second-order valence-corrected chi connectivity index (χ2v) is 4.71. The average molecular weight is 251 g/mol. The molecule has 1 N–H and O–H groups in total. The minimum Gasteiger partial charge on any atom is -0.481 e. The number of likely N-dealkylation sites (tertiary alicyclic amines) is 1. The van der Waals surface area contributed by atoms with Gasteiger partial charge in [-0.3, -0.25) is 9.59 Å². The van der Waals surface area contributed by atoms with E-state index in [4.69, 9.17) is 5.11 Å². The van der Waals surface area contributed by atoms with Crippen molar-refractivity contribution >= 4 is 11.9 Å². The monoisotopic (exact) mass is 251 g/mol. The molecule has 96 valence electrons. The van der Waals surface area contributed by atoms with Gasteiger partial charge in [0.05, 0.1) is 5.41 Å². The highest BCUT2D eigenvalue weighted by Crippen LogP contribution is 2.57. The number of carboxylic acids is 1. The van der Waals surface area contributed by atoms with Crippen LogP contribution in [0.2, 0.25) is 0 Å². The largest absolute Gasteiger partial charge is 0.481 e. The highest BCUT2D eigenvalue weighted by Gasteiger charge is 2.62. The fourth-order valence-corrected chi connectivity index (χ4v) is 2.60. The van der Waals surface area contributed by atoms with Gasteiger partial charge in [-0.05, 0) is 25.2 Å². The summed E-state index contributed by atoms with van der Waals surface area (Å²) in [6.45, 7) is -0.103. The van der Waals surface area contributed by atoms with Crippen LogP contribution in [-0.4, -0.2) is 41.1 Å². The summed E-state index contributed by atoms with van der Waals surface area (Å²) in [4.78, 5) is 22.8. The summed E-state index contributed by atoms with van der Waals surface area (Å²) in [5.41, 5.74) is -0.874.